The predicted octanol–water partition coefficient (Wildman–Crippen LogP) is 1.05. The van der Waals surface area contributed by atoms with E-state index in [2.05, 4.69) is 9.68 Å². The molecule has 0 N–H and O–H groups in total. The van der Waals surface area contributed by atoms with Gasteiger partial charge in [0, 0.05) is 12.2 Å². The Morgan fingerprint density at radius 2 is 0.833 bits per heavy atom. The van der Waals surface area contributed by atoms with Crippen molar-refractivity contribution in [2.45, 2.75) is 0 Å². The standard InChI is InChI=1S/C20H10N2O8/c23-15(29-21-17(25)11-5-1-2-6-12(11)18(21)26)9-10-16(24)30-22-19(27)13-7-3-4-8-14(13)20(22)28/h1-10H/b10-9+. The number of rotatable bonds is 4. The van der Waals surface area contributed by atoms with Crippen LogP contribution >= 0.6 is 0 Å². The molecule has 0 bridgehead atoms. The highest BCUT2D eigenvalue weighted by Crippen LogP contribution is 2.23. The van der Waals surface area contributed by atoms with Gasteiger partial charge in [-0.2, -0.15) is 0 Å². The summed E-state index contributed by atoms with van der Waals surface area (Å²) >= 11 is 0. The number of benzene rings is 2. The van der Waals surface area contributed by atoms with Gasteiger partial charge in [0.05, 0.1) is 22.3 Å². The molecule has 10 heteroatoms. The average Bonchev–Trinajstić information content (AvgIpc) is 3.13. The summed E-state index contributed by atoms with van der Waals surface area (Å²) in [6.45, 7) is 0. The monoisotopic (exact) mass is 406 g/mol. The fourth-order valence-corrected chi connectivity index (χ4v) is 2.88. The molecule has 30 heavy (non-hydrogen) atoms. The quantitative estimate of drug-likeness (QED) is 0.545. The number of amides is 4. The third-order valence-electron chi connectivity index (χ3n) is 4.23. The van der Waals surface area contributed by atoms with Crippen LogP contribution in [0.2, 0.25) is 0 Å². The van der Waals surface area contributed by atoms with Crippen LogP contribution in [0.15, 0.2) is 60.7 Å². The number of carbonyl (C=O) groups excluding carboxylic acids is 6. The number of fused-ring (bicyclic) bond motifs is 2. The van der Waals surface area contributed by atoms with E-state index >= 15 is 0 Å². The maximum Gasteiger partial charge on any atom is 0.357 e. The first-order valence-electron chi connectivity index (χ1n) is 8.46. The zero-order valence-electron chi connectivity index (χ0n) is 14.9. The van der Waals surface area contributed by atoms with E-state index in [4.69, 9.17) is 0 Å². The minimum Gasteiger partial charge on any atom is -0.325 e. The first-order chi connectivity index (χ1) is 14.4. The summed E-state index contributed by atoms with van der Waals surface area (Å²) in [5.74, 6) is -5.75. The Morgan fingerprint density at radius 1 is 0.567 bits per heavy atom. The van der Waals surface area contributed by atoms with E-state index in [1.165, 1.54) is 24.3 Å². The lowest BCUT2D eigenvalue weighted by atomic mass is 10.1. The molecule has 2 aliphatic rings. The number of carbonyl (C=O) groups is 6. The van der Waals surface area contributed by atoms with Gasteiger partial charge in [-0.15, -0.1) is 0 Å². The van der Waals surface area contributed by atoms with Gasteiger partial charge in [-0.3, -0.25) is 19.2 Å². The lowest BCUT2D eigenvalue weighted by Crippen LogP contribution is -2.33. The molecule has 0 saturated carbocycles. The first kappa shape index (κ1) is 18.7. The minimum absolute atomic E-state index is 0.0734. The lowest BCUT2D eigenvalue weighted by molar-refractivity contribution is -0.164. The van der Waals surface area contributed by atoms with Crippen molar-refractivity contribution < 1.29 is 38.4 Å². The molecule has 0 aliphatic carbocycles. The van der Waals surface area contributed by atoms with Crippen molar-refractivity contribution in [1.82, 2.24) is 10.1 Å². The van der Waals surface area contributed by atoms with E-state index in [-0.39, 0.29) is 32.4 Å². The maximum atomic E-state index is 12.1. The number of imide groups is 2. The van der Waals surface area contributed by atoms with Crippen molar-refractivity contribution in [3.63, 3.8) is 0 Å². The van der Waals surface area contributed by atoms with Crippen LogP contribution in [0.3, 0.4) is 0 Å². The molecule has 0 unspecified atom stereocenters. The van der Waals surface area contributed by atoms with Crippen LogP contribution in [-0.2, 0) is 19.3 Å². The van der Waals surface area contributed by atoms with Crippen LogP contribution < -0.4 is 0 Å². The molecule has 2 aromatic carbocycles. The van der Waals surface area contributed by atoms with Gasteiger partial charge in [-0.1, -0.05) is 34.4 Å². The number of hydrogen-bond donors (Lipinski definition) is 0. The average molecular weight is 406 g/mol. The summed E-state index contributed by atoms with van der Waals surface area (Å²) in [6.07, 6.45) is 1.17. The predicted molar refractivity (Wildman–Crippen MR) is 95.2 cm³/mol. The molecular formula is C20H10N2O8. The topological polar surface area (TPSA) is 127 Å². The molecule has 0 fully saturated rings. The first-order valence-corrected chi connectivity index (χ1v) is 8.46. The van der Waals surface area contributed by atoms with Crippen LogP contribution in [0.5, 0.6) is 0 Å². The fraction of sp³-hybridized carbons (Fsp3) is 0. The van der Waals surface area contributed by atoms with E-state index in [9.17, 15) is 28.8 Å². The number of hydrogen-bond acceptors (Lipinski definition) is 8. The molecular weight excluding hydrogens is 396 g/mol. The molecule has 2 aliphatic heterocycles. The number of hydroxylamine groups is 4. The summed E-state index contributed by atoms with van der Waals surface area (Å²) in [7, 11) is 0. The second-order valence-corrected chi connectivity index (χ2v) is 6.05. The second-order valence-electron chi connectivity index (χ2n) is 6.05. The molecule has 0 atom stereocenters. The van der Waals surface area contributed by atoms with Crippen molar-refractivity contribution in [3.8, 4) is 0 Å². The molecule has 148 valence electrons. The SMILES string of the molecule is O=C(/C=C/C(=O)ON1C(=O)c2ccccc2C1=O)ON1C(=O)c2ccccc2C1=O. The Labute approximate surface area is 167 Å². The highest BCUT2D eigenvalue weighted by Gasteiger charge is 2.39. The fourth-order valence-electron chi connectivity index (χ4n) is 2.88. The van der Waals surface area contributed by atoms with Crippen LogP contribution in [0, 0.1) is 0 Å². The Bertz CT molecular complexity index is 1020. The van der Waals surface area contributed by atoms with Gasteiger partial charge in [0.2, 0.25) is 0 Å². The molecule has 4 amide bonds. The third-order valence-corrected chi connectivity index (χ3v) is 4.23. The van der Waals surface area contributed by atoms with Gasteiger partial charge >= 0.3 is 11.9 Å². The van der Waals surface area contributed by atoms with Crippen LogP contribution in [0.4, 0.5) is 0 Å². The van der Waals surface area contributed by atoms with Gasteiger partial charge in [-0.05, 0) is 24.3 Å². The zero-order valence-corrected chi connectivity index (χ0v) is 14.9. The van der Waals surface area contributed by atoms with E-state index in [0.717, 1.165) is 0 Å². The number of nitrogens with zero attached hydrogens (tertiary/aromatic N) is 2. The van der Waals surface area contributed by atoms with E-state index in [0.29, 0.717) is 12.2 Å². The third kappa shape index (κ3) is 3.02. The largest absolute Gasteiger partial charge is 0.357 e. The summed E-state index contributed by atoms with van der Waals surface area (Å²) < 4.78 is 0. The van der Waals surface area contributed by atoms with Crippen molar-refractivity contribution in [1.29, 1.82) is 0 Å². The maximum absolute atomic E-state index is 12.1. The van der Waals surface area contributed by atoms with E-state index in [1.54, 1.807) is 24.3 Å². The summed E-state index contributed by atoms with van der Waals surface area (Å²) in [5.41, 5.74) is 0.294. The van der Waals surface area contributed by atoms with Crippen molar-refractivity contribution in [3.05, 3.63) is 82.9 Å². The summed E-state index contributed by atoms with van der Waals surface area (Å²) in [6, 6.07) is 11.8. The van der Waals surface area contributed by atoms with E-state index in [1.807, 2.05) is 0 Å². The zero-order chi connectivity index (χ0) is 21.4. The highest BCUT2D eigenvalue weighted by molar-refractivity contribution is 6.21. The van der Waals surface area contributed by atoms with Gasteiger partial charge in [-0.25, -0.2) is 9.59 Å². The molecule has 2 aromatic rings. The summed E-state index contributed by atoms with van der Waals surface area (Å²) in [4.78, 5) is 81.6. The minimum atomic E-state index is -1.22. The Hall–Kier alpha value is -4.60. The van der Waals surface area contributed by atoms with E-state index < -0.39 is 35.6 Å². The Balaban J connectivity index is 1.38. The molecule has 0 saturated heterocycles. The van der Waals surface area contributed by atoms with Crippen molar-refractivity contribution >= 4 is 35.6 Å². The Kier molecular flexibility index (Phi) is 4.43. The van der Waals surface area contributed by atoms with Crippen LogP contribution in [-0.4, -0.2) is 45.7 Å². The molecule has 2 heterocycles. The molecule has 4 rings (SSSR count). The normalized spacial score (nSPS) is 14.9. The van der Waals surface area contributed by atoms with Gasteiger partial charge in [0.15, 0.2) is 0 Å². The second kappa shape index (κ2) is 7.09. The molecule has 0 aromatic heterocycles. The highest BCUT2D eigenvalue weighted by atomic mass is 16.7. The molecule has 10 nitrogen and oxygen atoms in total. The van der Waals surface area contributed by atoms with Crippen molar-refractivity contribution in [2.75, 3.05) is 0 Å². The van der Waals surface area contributed by atoms with Crippen LogP contribution in [0.1, 0.15) is 41.4 Å². The smallest absolute Gasteiger partial charge is 0.325 e. The van der Waals surface area contributed by atoms with Crippen LogP contribution in [0.25, 0.3) is 0 Å². The van der Waals surface area contributed by atoms with Gasteiger partial charge in [0.25, 0.3) is 23.6 Å². The summed E-state index contributed by atoms with van der Waals surface area (Å²) in [5, 5.41) is 0.541. The van der Waals surface area contributed by atoms with Gasteiger partial charge in [0.1, 0.15) is 0 Å². The Morgan fingerprint density at radius 3 is 1.10 bits per heavy atom. The van der Waals surface area contributed by atoms with Crippen molar-refractivity contribution in [2.24, 2.45) is 0 Å². The van der Waals surface area contributed by atoms with Gasteiger partial charge < -0.3 is 9.68 Å². The molecule has 0 radical (unpaired) electrons. The molecule has 0 spiro atoms. The lowest BCUT2D eigenvalue weighted by Gasteiger charge is -2.11.